The number of unbranched alkanes of at least 4 members (excludes halogenated alkanes) is 7. The second kappa shape index (κ2) is 13.4. The van der Waals surface area contributed by atoms with Gasteiger partial charge in [-0.1, -0.05) is 58.8 Å². The van der Waals surface area contributed by atoms with Crippen molar-refractivity contribution in [1.29, 1.82) is 0 Å². The van der Waals surface area contributed by atoms with Crippen LogP contribution in [0, 0.1) is 0 Å². The number of aromatic nitrogens is 1. The lowest BCUT2D eigenvalue weighted by Crippen LogP contribution is -3.00. The number of halogens is 1. The lowest BCUT2D eigenvalue weighted by molar-refractivity contribution is -0.697. The highest BCUT2D eigenvalue weighted by molar-refractivity contribution is 5.06. The van der Waals surface area contributed by atoms with E-state index in [1.807, 2.05) is 0 Å². The summed E-state index contributed by atoms with van der Waals surface area (Å²) < 4.78 is 2.33. The zero-order chi connectivity index (χ0) is 13.8. The molecular formula is C18H32ClN. The maximum Gasteiger partial charge on any atom is 0.169 e. The lowest BCUT2D eigenvalue weighted by atomic mass is 10.1. The highest BCUT2D eigenvalue weighted by Gasteiger charge is 2.00. The molecule has 0 unspecified atom stereocenters. The van der Waals surface area contributed by atoms with Crippen LogP contribution in [0.2, 0.25) is 0 Å². The van der Waals surface area contributed by atoms with Gasteiger partial charge in [0.25, 0.3) is 0 Å². The Labute approximate surface area is 132 Å². The standard InChI is InChI=1S/C18H32N.ClH/c1-3-5-6-7-8-9-10-11-15-19-16-13-18(12-4-2)14-17-19;/h13-14,16-17H,3-12,15H2,1-2H3;1H/q+1;/p-1. The zero-order valence-electron chi connectivity index (χ0n) is 13.4. The molecule has 0 radical (unpaired) electrons. The van der Waals surface area contributed by atoms with Gasteiger partial charge in [-0.25, -0.2) is 4.57 Å². The van der Waals surface area contributed by atoms with Crippen LogP contribution >= 0.6 is 0 Å². The van der Waals surface area contributed by atoms with Crippen molar-refractivity contribution in [1.82, 2.24) is 0 Å². The molecule has 1 aromatic rings. The topological polar surface area (TPSA) is 3.88 Å². The summed E-state index contributed by atoms with van der Waals surface area (Å²) in [4.78, 5) is 0. The van der Waals surface area contributed by atoms with E-state index in [0.717, 1.165) is 0 Å². The highest BCUT2D eigenvalue weighted by Crippen LogP contribution is 2.08. The second-order valence-corrected chi connectivity index (χ2v) is 5.67. The minimum Gasteiger partial charge on any atom is -1.00 e. The van der Waals surface area contributed by atoms with Gasteiger partial charge in [-0.05, 0) is 18.4 Å². The van der Waals surface area contributed by atoms with Gasteiger partial charge in [0.15, 0.2) is 12.4 Å². The van der Waals surface area contributed by atoms with Crippen LogP contribution in [-0.4, -0.2) is 0 Å². The summed E-state index contributed by atoms with van der Waals surface area (Å²) in [6.45, 7) is 5.70. The minimum atomic E-state index is 0. The van der Waals surface area contributed by atoms with Gasteiger partial charge < -0.3 is 12.4 Å². The molecule has 0 aliphatic rings. The molecule has 0 fully saturated rings. The number of pyridine rings is 1. The predicted molar refractivity (Wildman–Crippen MR) is 83.2 cm³/mol. The summed E-state index contributed by atoms with van der Waals surface area (Å²) in [5, 5.41) is 0. The van der Waals surface area contributed by atoms with Gasteiger partial charge in [0.1, 0.15) is 6.54 Å². The Balaban J connectivity index is 0.00000361. The fourth-order valence-corrected chi connectivity index (χ4v) is 2.52. The molecule has 0 amide bonds. The van der Waals surface area contributed by atoms with Gasteiger partial charge in [-0.2, -0.15) is 0 Å². The number of hydrogen-bond acceptors (Lipinski definition) is 0. The molecule has 0 N–H and O–H groups in total. The van der Waals surface area contributed by atoms with Crippen LogP contribution in [0.5, 0.6) is 0 Å². The monoisotopic (exact) mass is 297 g/mol. The minimum absolute atomic E-state index is 0. The Bertz CT molecular complexity index is 308. The lowest BCUT2D eigenvalue weighted by Gasteiger charge is -2.01. The average Bonchev–Trinajstić information content (AvgIpc) is 2.44. The van der Waals surface area contributed by atoms with E-state index in [0.29, 0.717) is 0 Å². The summed E-state index contributed by atoms with van der Waals surface area (Å²) in [6, 6.07) is 4.54. The first-order valence-electron chi connectivity index (χ1n) is 8.34. The summed E-state index contributed by atoms with van der Waals surface area (Å²) >= 11 is 0. The third-order valence-corrected chi connectivity index (χ3v) is 3.77. The van der Waals surface area contributed by atoms with E-state index < -0.39 is 0 Å². The third kappa shape index (κ3) is 9.36. The quantitative estimate of drug-likeness (QED) is 0.435. The fourth-order valence-electron chi connectivity index (χ4n) is 2.52. The van der Waals surface area contributed by atoms with Crippen LogP contribution in [0.3, 0.4) is 0 Å². The van der Waals surface area contributed by atoms with Crippen molar-refractivity contribution in [2.45, 2.75) is 84.6 Å². The van der Waals surface area contributed by atoms with Crippen molar-refractivity contribution in [3.8, 4) is 0 Å². The Morgan fingerprint density at radius 2 is 1.30 bits per heavy atom. The first-order chi connectivity index (χ1) is 9.36. The molecule has 2 heteroatoms. The molecular weight excluding hydrogens is 266 g/mol. The molecule has 1 nitrogen and oxygen atoms in total. The van der Waals surface area contributed by atoms with Gasteiger partial charge in [0.2, 0.25) is 0 Å². The molecule has 0 saturated carbocycles. The van der Waals surface area contributed by atoms with Crippen LogP contribution < -0.4 is 17.0 Å². The van der Waals surface area contributed by atoms with Crippen molar-refractivity contribution >= 4 is 0 Å². The Hall–Kier alpha value is -0.560. The number of aryl methyl sites for hydroxylation is 2. The highest BCUT2D eigenvalue weighted by atomic mass is 35.5. The molecule has 116 valence electrons. The molecule has 0 spiro atoms. The Kier molecular flexibility index (Phi) is 13.0. The summed E-state index contributed by atoms with van der Waals surface area (Å²) in [6.07, 6.45) is 18.1. The van der Waals surface area contributed by atoms with Crippen molar-refractivity contribution in [3.63, 3.8) is 0 Å². The summed E-state index contributed by atoms with van der Waals surface area (Å²) in [5.41, 5.74) is 1.47. The van der Waals surface area contributed by atoms with Gasteiger partial charge in [-0.3, -0.25) is 0 Å². The molecule has 0 saturated heterocycles. The van der Waals surface area contributed by atoms with Crippen molar-refractivity contribution in [2.24, 2.45) is 0 Å². The van der Waals surface area contributed by atoms with E-state index in [-0.39, 0.29) is 12.4 Å². The van der Waals surface area contributed by atoms with Gasteiger partial charge in [0, 0.05) is 18.6 Å². The van der Waals surface area contributed by atoms with E-state index in [1.165, 1.54) is 76.3 Å². The van der Waals surface area contributed by atoms with Gasteiger partial charge >= 0.3 is 0 Å². The molecule has 0 bridgehead atoms. The predicted octanol–water partition coefficient (Wildman–Crippen LogP) is 2.07. The molecule has 1 heterocycles. The maximum atomic E-state index is 2.33. The second-order valence-electron chi connectivity index (χ2n) is 5.67. The largest absolute Gasteiger partial charge is 1.00 e. The number of nitrogens with zero attached hydrogens (tertiary/aromatic N) is 1. The van der Waals surface area contributed by atoms with E-state index >= 15 is 0 Å². The fraction of sp³-hybridized carbons (Fsp3) is 0.722. The summed E-state index contributed by atoms with van der Waals surface area (Å²) in [5.74, 6) is 0. The average molecular weight is 298 g/mol. The normalized spacial score (nSPS) is 10.3. The van der Waals surface area contributed by atoms with Crippen LogP contribution in [0.15, 0.2) is 24.5 Å². The third-order valence-electron chi connectivity index (χ3n) is 3.77. The molecule has 0 aliphatic heterocycles. The van der Waals surface area contributed by atoms with E-state index in [2.05, 4.69) is 42.9 Å². The smallest absolute Gasteiger partial charge is 0.169 e. The Morgan fingerprint density at radius 1 is 0.750 bits per heavy atom. The first kappa shape index (κ1) is 19.4. The Morgan fingerprint density at radius 3 is 1.85 bits per heavy atom. The van der Waals surface area contributed by atoms with Crippen LogP contribution in [0.4, 0.5) is 0 Å². The summed E-state index contributed by atoms with van der Waals surface area (Å²) in [7, 11) is 0. The van der Waals surface area contributed by atoms with E-state index in [4.69, 9.17) is 0 Å². The van der Waals surface area contributed by atoms with Crippen molar-refractivity contribution in [2.75, 3.05) is 0 Å². The molecule has 1 aromatic heterocycles. The van der Waals surface area contributed by atoms with Gasteiger partial charge in [-0.15, -0.1) is 0 Å². The van der Waals surface area contributed by atoms with E-state index in [1.54, 1.807) is 0 Å². The van der Waals surface area contributed by atoms with Crippen molar-refractivity contribution < 1.29 is 17.0 Å². The molecule has 1 rings (SSSR count). The number of rotatable bonds is 11. The van der Waals surface area contributed by atoms with Crippen molar-refractivity contribution in [3.05, 3.63) is 30.1 Å². The first-order valence-corrected chi connectivity index (χ1v) is 8.34. The van der Waals surface area contributed by atoms with E-state index in [9.17, 15) is 0 Å². The van der Waals surface area contributed by atoms with Gasteiger partial charge in [0.05, 0.1) is 0 Å². The molecule has 0 aliphatic carbocycles. The molecule has 20 heavy (non-hydrogen) atoms. The zero-order valence-corrected chi connectivity index (χ0v) is 14.2. The van der Waals surface area contributed by atoms with Crippen LogP contribution in [0.1, 0.15) is 77.2 Å². The van der Waals surface area contributed by atoms with Crippen LogP contribution in [0.25, 0.3) is 0 Å². The SMILES string of the molecule is CCCCCCCCCC[n+]1ccc(CCC)cc1.[Cl-]. The molecule has 0 aromatic carbocycles. The molecule has 0 atom stereocenters. The number of hydrogen-bond donors (Lipinski definition) is 0. The maximum absolute atomic E-state index is 2.33. The van der Waals surface area contributed by atoms with Crippen LogP contribution in [-0.2, 0) is 13.0 Å².